The number of ether oxygens (including phenoxy) is 2. The van der Waals surface area contributed by atoms with Crippen molar-refractivity contribution in [1.29, 1.82) is 0 Å². The van der Waals surface area contributed by atoms with Crippen LogP contribution in [0, 0.1) is 0 Å². The molecule has 5 N–H and O–H groups in total. The Morgan fingerprint density at radius 2 is 2.00 bits per heavy atom. The molecule has 0 aromatic carbocycles. The Hall–Kier alpha value is -0.800. The molecule has 1 aliphatic carbocycles. The van der Waals surface area contributed by atoms with E-state index in [0.717, 1.165) is 0 Å². The largest absolute Gasteiger partial charge is 0.388 e. The third kappa shape index (κ3) is 4.10. The lowest BCUT2D eigenvalue weighted by Gasteiger charge is -2.42. The molecule has 0 aromatic heterocycles. The zero-order valence-electron chi connectivity index (χ0n) is 12.5. The van der Waals surface area contributed by atoms with Crippen molar-refractivity contribution in [1.82, 2.24) is 5.32 Å². The van der Waals surface area contributed by atoms with Crippen molar-refractivity contribution in [3.8, 4) is 0 Å². The first-order valence-corrected chi connectivity index (χ1v) is 6.99. The van der Waals surface area contributed by atoms with Gasteiger partial charge in [0.15, 0.2) is 6.10 Å². The molecule has 0 spiro atoms. The maximum absolute atomic E-state index is 13.3. The second-order valence-electron chi connectivity index (χ2n) is 5.27. The number of hydrogen-bond donors (Lipinski definition) is 4. The van der Waals surface area contributed by atoms with Crippen LogP contribution in [-0.4, -0.2) is 73.0 Å². The number of amides is 1. The first-order chi connectivity index (χ1) is 9.87. The molecule has 1 fully saturated rings. The standard InChI is InChI=1S/C13H25FN2O5/c1-4-6(14)9(17)13(19)16-8-5-7(15)11(20-2)12(21-3)10(8)18/h6-12,17-18H,4-5,15H2,1-3H3,(H,16,19)/t6?,7-,8+,9?,10?,11+,12+/m0/s1. The Kier molecular flexibility index (Phi) is 6.95. The lowest BCUT2D eigenvalue weighted by Crippen LogP contribution is -2.64. The van der Waals surface area contributed by atoms with Gasteiger partial charge in [-0.25, -0.2) is 4.39 Å². The maximum atomic E-state index is 13.3. The van der Waals surface area contributed by atoms with E-state index in [1.807, 2.05) is 0 Å². The van der Waals surface area contributed by atoms with Gasteiger partial charge in [-0.3, -0.25) is 4.79 Å². The molecule has 0 aromatic rings. The average molecular weight is 308 g/mol. The minimum Gasteiger partial charge on any atom is -0.388 e. The van der Waals surface area contributed by atoms with Gasteiger partial charge in [0, 0.05) is 20.3 Å². The van der Waals surface area contributed by atoms with Gasteiger partial charge in [0.05, 0.1) is 6.04 Å². The van der Waals surface area contributed by atoms with E-state index in [1.165, 1.54) is 21.1 Å². The number of aliphatic hydroxyl groups is 2. The Morgan fingerprint density at radius 3 is 2.48 bits per heavy atom. The van der Waals surface area contributed by atoms with Crippen LogP contribution >= 0.6 is 0 Å². The summed E-state index contributed by atoms with van der Waals surface area (Å²) in [4.78, 5) is 11.8. The molecule has 124 valence electrons. The second-order valence-corrected chi connectivity index (χ2v) is 5.27. The minimum absolute atomic E-state index is 0.0216. The topological polar surface area (TPSA) is 114 Å². The maximum Gasteiger partial charge on any atom is 0.252 e. The highest BCUT2D eigenvalue weighted by Crippen LogP contribution is 2.24. The molecular weight excluding hydrogens is 283 g/mol. The number of nitrogens with one attached hydrogen (secondary N) is 1. The summed E-state index contributed by atoms with van der Waals surface area (Å²) in [5, 5.41) is 22.2. The molecular formula is C13H25FN2O5. The molecule has 1 saturated carbocycles. The molecule has 0 aliphatic heterocycles. The number of carbonyl (C=O) groups is 1. The zero-order chi connectivity index (χ0) is 16.2. The van der Waals surface area contributed by atoms with Crippen LogP contribution in [0.1, 0.15) is 19.8 Å². The number of rotatable bonds is 6. The fraction of sp³-hybridized carbons (Fsp3) is 0.923. The molecule has 1 amide bonds. The van der Waals surface area contributed by atoms with E-state index in [1.54, 1.807) is 0 Å². The first-order valence-electron chi connectivity index (χ1n) is 6.99. The van der Waals surface area contributed by atoms with Crippen molar-refractivity contribution in [2.75, 3.05) is 14.2 Å². The number of methoxy groups -OCH3 is 2. The highest BCUT2D eigenvalue weighted by atomic mass is 19.1. The Morgan fingerprint density at radius 1 is 1.43 bits per heavy atom. The Bertz CT molecular complexity index is 347. The summed E-state index contributed by atoms with van der Waals surface area (Å²) >= 11 is 0. The number of halogens is 1. The molecule has 7 nitrogen and oxygen atoms in total. The summed E-state index contributed by atoms with van der Waals surface area (Å²) in [6.07, 6.45) is -5.44. The molecule has 0 bridgehead atoms. The summed E-state index contributed by atoms with van der Waals surface area (Å²) in [6, 6.07) is -1.19. The van der Waals surface area contributed by atoms with Crippen LogP contribution in [0.4, 0.5) is 4.39 Å². The quantitative estimate of drug-likeness (QED) is 0.485. The number of carbonyl (C=O) groups excluding carboxylic acids is 1. The number of alkyl halides is 1. The molecule has 1 aliphatic rings. The lowest BCUT2D eigenvalue weighted by atomic mass is 9.84. The van der Waals surface area contributed by atoms with Gasteiger partial charge < -0.3 is 30.7 Å². The van der Waals surface area contributed by atoms with Crippen LogP contribution in [0.3, 0.4) is 0 Å². The number of aliphatic hydroxyl groups excluding tert-OH is 2. The molecule has 0 heterocycles. The first kappa shape index (κ1) is 18.2. The van der Waals surface area contributed by atoms with Gasteiger partial charge in [0.1, 0.15) is 24.5 Å². The smallest absolute Gasteiger partial charge is 0.252 e. The molecule has 8 heteroatoms. The predicted molar refractivity (Wildman–Crippen MR) is 73.3 cm³/mol. The highest BCUT2D eigenvalue weighted by molar-refractivity contribution is 5.81. The van der Waals surface area contributed by atoms with E-state index < -0.39 is 48.6 Å². The second kappa shape index (κ2) is 8.00. The monoisotopic (exact) mass is 308 g/mol. The summed E-state index contributed by atoms with van der Waals surface area (Å²) in [5.74, 6) is -0.869. The summed E-state index contributed by atoms with van der Waals surface area (Å²) in [7, 11) is 2.86. The summed E-state index contributed by atoms with van der Waals surface area (Å²) < 4.78 is 23.7. The average Bonchev–Trinajstić information content (AvgIpc) is 2.48. The summed E-state index contributed by atoms with van der Waals surface area (Å²) in [5.41, 5.74) is 5.94. The van der Waals surface area contributed by atoms with E-state index in [9.17, 15) is 19.4 Å². The van der Waals surface area contributed by atoms with Gasteiger partial charge in [0.25, 0.3) is 5.91 Å². The molecule has 0 radical (unpaired) electrons. The van der Waals surface area contributed by atoms with Gasteiger partial charge in [-0.1, -0.05) is 6.92 Å². The predicted octanol–water partition coefficient (Wildman–Crippen LogP) is -1.30. The van der Waals surface area contributed by atoms with Crippen LogP contribution in [-0.2, 0) is 14.3 Å². The van der Waals surface area contributed by atoms with Crippen molar-refractivity contribution >= 4 is 5.91 Å². The highest BCUT2D eigenvalue weighted by Gasteiger charge is 2.44. The van der Waals surface area contributed by atoms with Crippen LogP contribution < -0.4 is 11.1 Å². The molecule has 7 atom stereocenters. The van der Waals surface area contributed by atoms with E-state index >= 15 is 0 Å². The zero-order valence-corrected chi connectivity index (χ0v) is 12.5. The number of nitrogens with two attached hydrogens (primary N) is 1. The van der Waals surface area contributed by atoms with Crippen LogP contribution in [0.5, 0.6) is 0 Å². The molecule has 0 saturated heterocycles. The van der Waals surface area contributed by atoms with Crippen LogP contribution in [0.25, 0.3) is 0 Å². The molecule has 1 rings (SSSR count). The van der Waals surface area contributed by atoms with Crippen molar-refractivity contribution in [2.45, 2.75) is 62.4 Å². The van der Waals surface area contributed by atoms with E-state index in [2.05, 4.69) is 5.32 Å². The van der Waals surface area contributed by atoms with E-state index in [-0.39, 0.29) is 12.8 Å². The molecule has 3 unspecified atom stereocenters. The van der Waals surface area contributed by atoms with Crippen molar-refractivity contribution in [2.24, 2.45) is 5.73 Å². The SMILES string of the molecule is CCC(F)C(O)C(=O)N[C@@H]1C[C@H](N)[C@@H](OC)[C@H](OC)C1O. The normalized spacial score (nSPS) is 36.0. The van der Waals surface area contributed by atoms with Crippen molar-refractivity contribution in [3.63, 3.8) is 0 Å². The summed E-state index contributed by atoms with van der Waals surface area (Å²) in [6.45, 7) is 1.52. The van der Waals surface area contributed by atoms with Gasteiger partial charge in [0.2, 0.25) is 0 Å². The van der Waals surface area contributed by atoms with Crippen molar-refractivity contribution < 1.29 is 28.9 Å². The lowest BCUT2D eigenvalue weighted by molar-refractivity contribution is -0.147. The Labute approximate surface area is 123 Å². The number of hydrogen-bond acceptors (Lipinski definition) is 6. The van der Waals surface area contributed by atoms with Crippen molar-refractivity contribution in [3.05, 3.63) is 0 Å². The van der Waals surface area contributed by atoms with Crippen LogP contribution in [0.15, 0.2) is 0 Å². The van der Waals surface area contributed by atoms with Gasteiger partial charge in [-0.2, -0.15) is 0 Å². The van der Waals surface area contributed by atoms with Gasteiger partial charge in [-0.05, 0) is 12.8 Å². The minimum atomic E-state index is -1.76. The van der Waals surface area contributed by atoms with E-state index in [4.69, 9.17) is 15.2 Å². The third-order valence-electron chi connectivity index (χ3n) is 3.89. The van der Waals surface area contributed by atoms with Crippen LogP contribution in [0.2, 0.25) is 0 Å². The molecule has 21 heavy (non-hydrogen) atoms. The fourth-order valence-corrected chi connectivity index (χ4v) is 2.62. The van der Waals surface area contributed by atoms with Gasteiger partial charge >= 0.3 is 0 Å². The Balaban J connectivity index is 2.73. The third-order valence-corrected chi connectivity index (χ3v) is 3.89. The fourth-order valence-electron chi connectivity index (χ4n) is 2.62. The van der Waals surface area contributed by atoms with E-state index in [0.29, 0.717) is 0 Å². The van der Waals surface area contributed by atoms with Gasteiger partial charge in [-0.15, -0.1) is 0 Å².